The van der Waals surface area contributed by atoms with Crippen LogP contribution < -0.4 is 5.32 Å². The molecule has 0 fully saturated rings. The first-order valence-corrected chi connectivity index (χ1v) is 6.70. The minimum absolute atomic E-state index is 0.0559. The van der Waals surface area contributed by atoms with Crippen molar-refractivity contribution in [2.24, 2.45) is 0 Å². The third kappa shape index (κ3) is 4.16. The second kappa shape index (κ2) is 7.37. The Balaban J connectivity index is 1.98. The van der Waals surface area contributed by atoms with Gasteiger partial charge in [-0.1, -0.05) is 18.2 Å². The van der Waals surface area contributed by atoms with Gasteiger partial charge in [-0.05, 0) is 17.7 Å². The maximum absolute atomic E-state index is 11.9. The molecule has 0 radical (unpaired) electrons. The molecule has 1 aromatic carbocycles. The van der Waals surface area contributed by atoms with Gasteiger partial charge in [-0.3, -0.25) is 4.79 Å². The summed E-state index contributed by atoms with van der Waals surface area (Å²) in [6, 6.07) is 8.44. The zero-order chi connectivity index (χ0) is 15.9. The van der Waals surface area contributed by atoms with Crippen LogP contribution in [0, 0.1) is 0 Å². The quantitative estimate of drug-likeness (QED) is 0.782. The van der Waals surface area contributed by atoms with E-state index in [1.54, 1.807) is 17.1 Å². The van der Waals surface area contributed by atoms with Crippen LogP contribution in [0.3, 0.4) is 0 Å². The summed E-state index contributed by atoms with van der Waals surface area (Å²) in [5, 5.41) is 15.6. The number of amides is 1. The topological polar surface area (TPSA) is 93.5 Å². The van der Waals surface area contributed by atoms with Crippen LogP contribution in [0.5, 0.6) is 0 Å². The van der Waals surface area contributed by atoms with Gasteiger partial charge in [0, 0.05) is 13.3 Å². The van der Waals surface area contributed by atoms with Crippen molar-refractivity contribution in [1.82, 2.24) is 15.1 Å². The zero-order valence-corrected chi connectivity index (χ0v) is 12.1. The molecule has 1 aromatic heterocycles. The maximum atomic E-state index is 11.9. The fourth-order valence-corrected chi connectivity index (χ4v) is 1.95. The van der Waals surface area contributed by atoms with E-state index in [0.29, 0.717) is 5.56 Å². The molecule has 0 bridgehead atoms. The lowest BCUT2D eigenvalue weighted by molar-refractivity contribution is -0.143. The molecule has 7 nitrogen and oxygen atoms in total. The van der Waals surface area contributed by atoms with E-state index in [-0.39, 0.29) is 13.0 Å². The number of carboxylic acids is 1. The van der Waals surface area contributed by atoms with Gasteiger partial charge in [-0.25, -0.2) is 9.48 Å². The van der Waals surface area contributed by atoms with Gasteiger partial charge >= 0.3 is 5.97 Å². The molecule has 2 N–H and O–H groups in total. The van der Waals surface area contributed by atoms with Crippen LogP contribution in [0.2, 0.25) is 0 Å². The van der Waals surface area contributed by atoms with Crippen LogP contribution >= 0.6 is 0 Å². The summed E-state index contributed by atoms with van der Waals surface area (Å²) in [4.78, 5) is 22.8. The number of ether oxygens (including phenoxy) is 1. The van der Waals surface area contributed by atoms with Crippen LogP contribution in [0.4, 0.5) is 0 Å². The normalized spacial score (nSPS) is 11.9. The van der Waals surface area contributed by atoms with E-state index in [9.17, 15) is 9.59 Å². The largest absolute Gasteiger partial charge is 0.480 e. The number of carbonyl (C=O) groups is 2. The number of benzene rings is 1. The highest BCUT2D eigenvalue weighted by Gasteiger charge is 2.19. The third-order valence-electron chi connectivity index (χ3n) is 2.99. The molecule has 22 heavy (non-hydrogen) atoms. The van der Waals surface area contributed by atoms with Crippen molar-refractivity contribution in [1.29, 1.82) is 0 Å². The average molecular weight is 303 g/mol. The Bertz CT molecular complexity index is 639. The van der Waals surface area contributed by atoms with Gasteiger partial charge in [0.05, 0.1) is 24.9 Å². The molecule has 0 aliphatic rings. The summed E-state index contributed by atoms with van der Waals surface area (Å²) in [6.45, 7) is -0.0790. The first-order chi connectivity index (χ1) is 10.6. The number of methoxy groups -OCH3 is 1. The van der Waals surface area contributed by atoms with Crippen molar-refractivity contribution in [3.63, 3.8) is 0 Å². The lowest BCUT2D eigenvalue weighted by Gasteiger charge is -2.12. The fourth-order valence-electron chi connectivity index (χ4n) is 1.95. The molecule has 0 saturated carbocycles. The number of carbonyl (C=O) groups excluding carboxylic acids is 1. The monoisotopic (exact) mass is 303 g/mol. The van der Waals surface area contributed by atoms with Crippen molar-refractivity contribution in [3.8, 4) is 5.69 Å². The summed E-state index contributed by atoms with van der Waals surface area (Å²) in [5.74, 6) is -1.52. The minimum Gasteiger partial charge on any atom is -0.480 e. The molecule has 1 amide bonds. The Morgan fingerprint density at radius 3 is 2.73 bits per heavy atom. The molecule has 0 aliphatic heterocycles. The summed E-state index contributed by atoms with van der Waals surface area (Å²) in [5.41, 5.74) is 1.58. The van der Waals surface area contributed by atoms with Gasteiger partial charge < -0.3 is 15.2 Å². The Morgan fingerprint density at radius 2 is 2.09 bits per heavy atom. The van der Waals surface area contributed by atoms with Crippen molar-refractivity contribution in [2.75, 3.05) is 13.7 Å². The zero-order valence-electron chi connectivity index (χ0n) is 12.1. The number of rotatable bonds is 7. The standard InChI is InChI=1S/C15H17N3O4/c1-22-10-13(15(20)21)17-14(19)7-11-8-16-18(9-11)12-5-3-2-4-6-12/h2-6,8-9,13H,7,10H2,1H3,(H,17,19)(H,20,21). The van der Waals surface area contributed by atoms with E-state index in [2.05, 4.69) is 10.4 Å². The van der Waals surface area contributed by atoms with Gasteiger partial charge in [0.2, 0.25) is 5.91 Å². The predicted octanol–water partition coefficient (Wildman–Crippen LogP) is 0.631. The number of nitrogens with one attached hydrogen (secondary N) is 1. The molecule has 1 atom stereocenters. The summed E-state index contributed by atoms with van der Waals surface area (Å²) in [6.07, 6.45) is 3.38. The van der Waals surface area contributed by atoms with Crippen molar-refractivity contribution in [2.45, 2.75) is 12.5 Å². The third-order valence-corrected chi connectivity index (χ3v) is 2.99. The highest BCUT2D eigenvalue weighted by atomic mass is 16.5. The minimum atomic E-state index is -1.13. The van der Waals surface area contributed by atoms with Crippen LogP contribution in [0.25, 0.3) is 5.69 Å². The van der Waals surface area contributed by atoms with E-state index in [1.807, 2.05) is 30.3 Å². The Morgan fingerprint density at radius 1 is 1.36 bits per heavy atom. The first kappa shape index (κ1) is 15.7. The van der Waals surface area contributed by atoms with Crippen molar-refractivity contribution in [3.05, 3.63) is 48.3 Å². The highest BCUT2D eigenvalue weighted by molar-refractivity contribution is 5.84. The number of hydrogen-bond acceptors (Lipinski definition) is 4. The number of carboxylic acid groups (broad SMARTS) is 1. The van der Waals surface area contributed by atoms with Gasteiger partial charge in [0.1, 0.15) is 0 Å². The van der Waals surface area contributed by atoms with Gasteiger partial charge in [-0.15, -0.1) is 0 Å². The van der Waals surface area contributed by atoms with Crippen molar-refractivity contribution >= 4 is 11.9 Å². The molecule has 2 rings (SSSR count). The van der Waals surface area contributed by atoms with Gasteiger partial charge in [-0.2, -0.15) is 5.10 Å². The summed E-state index contributed by atoms with van der Waals surface area (Å²) < 4.78 is 6.43. The predicted molar refractivity (Wildman–Crippen MR) is 78.7 cm³/mol. The summed E-state index contributed by atoms with van der Waals surface area (Å²) in [7, 11) is 1.38. The summed E-state index contributed by atoms with van der Waals surface area (Å²) >= 11 is 0. The van der Waals surface area contributed by atoms with E-state index < -0.39 is 17.9 Å². The van der Waals surface area contributed by atoms with Crippen LogP contribution in [0.1, 0.15) is 5.56 Å². The number of aliphatic carboxylic acids is 1. The molecular weight excluding hydrogens is 286 g/mol. The molecular formula is C15H17N3O4. The molecule has 116 valence electrons. The number of aromatic nitrogens is 2. The molecule has 2 aromatic rings. The SMILES string of the molecule is COCC(NC(=O)Cc1cnn(-c2ccccc2)c1)C(=O)O. The maximum Gasteiger partial charge on any atom is 0.328 e. The van der Waals surface area contributed by atoms with E-state index in [0.717, 1.165) is 5.69 Å². The number of nitrogens with zero attached hydrogens (tertiary/aromatic N) is 2. The van der Waals surface area contributed by atoms with Gasteiger partial charge in [0.15, 0.2) is 6.04 Å². The van der Waals surface area contributed by atoms with Gasteiger partial charge in [0.25, 0.3) is 0 Å². The number of hydrogen-bond donors (Lipinski definition) is 2. The Kier molecular flexibility index (Phi) is 5.26. The fraction of sp³-hybridized carbons (Fsp3) is 0.267. The van der Waals surface area contributed by atoms with Crippen LogP contribution in [-0.2, 0) is 20.7 Å². The molecule has 1 heterocycles. The highest BCUT2D eigenvalue weighted by Crippen LogP contribution is 2.08. The lowest BCUT2D eigenvalue weighted by atomic mass is 10.2. The van der Waals surface area contributed by atoms with E-state index >= 15 is 0 Å². The molecule has 0 spiro atoms. The number of para-hydroxylation sites is 1. The second-order valence-corrected chi connectivity index (χ2v) is 4.72. The molecule has 0 saturated heterocycles. The Labute approximate surface area is 127 Å². The van der Waals surface area contributed by atoms with E-state index in [1.165, 1.54) is 7.11 Å². The smallest absolute Gasteiger partial charge is 0.328 e. The van der Waals surface area contributed by atoms with Crippen LogP contribution in [0.15, 0.2) is 42.7 Å². The average Bonchev–Trinajstić information content (AvgIpc) is 2.96. The van der Waals surface area contributed by atoms with Crippen LogP contribution in [-0.4, -0.2) is 46.5 Å². The van der Waals surface area contributed by atoms with E-state index in [4.69, 9.17) is 9.84 Å². The Hall–Kier alpha value is -2.67. The molecule has 1 unspecified atom stereocenters. The molecule has 0 aliphatic carbocycles. The first-order valence-electron chi connectivity index (χ1n) is 6.70. The lowest BCUT2D eigenvalue weighted by Crippen LogP contribution is -2.44. The van der Waals surface area contributed by atoms with Crippen molar-refractivity contribution < 1.29 is 19.4 Å². The second-order valence-electron chi connectivity index (χ2n) is 4.72. The molecule has 7 heteroatoms.